The smallest absolute Gasteiger partial charge is 0.121 e. The molecule has 1 aliphatic rings. The molecule has 1 aromatic heterocycles. The number of imidazole rings is 1. The van der Waals surface area contributed by atoms with Crippen LogP contribution in [0.15, 0.2) is 24.3 Å². The average molecular weight is 215 g/mol. The van der Waals surface area contributed by atoms with Crippen LogP contribution >= 0.6 is 0 Å². The van der Waals surface area contributed by atoms with Crippen LogP contribution in [0.1, 0.15) is 25.6 Å². The van der Waals surface area contributed by atoms with Crippen LogP contribution in [0, 0.1) is 0 Å². The zero-order valence-corrected chi connectivity index (χ0v) is 9.61. The third-order valence-electron chi connectivity index (χ3n) is 3.48. The van der Waals surface area contributed by atoms with Crippen LogP contribution < -0.4 is 0 Å². The van der Waals surface area contributed by atoms with Crippen LogP contribution in [0.4, 0.5) is 0 Å². The fraction of sp³-hybridized carbons (Fsp3) is 0.462. The zero-order chi connectivity index (χ0) is 11.0. The van der Waals surface area contributed by atoms with E-state index in [1.54, 1.807) is 0 Å². The van der Waals surface area contributed by atoms with Gasteiger partial charge in [0.2, 0.25) is 0 Å². The predicted molar refractivity (Wildman–Crippen MR) is 65.2 cm³/mol. The van der Waals surface area contributed by atoms with Gasteiger partial charge in [0, 0.05) is 6.04 Å². The highest BCUT2D eigenvalue weighted by molar-refractivity contribution is 5.74. The number of fused-ring (bicyclic) bond motifs is 1. The normalized spacial score (nSPS) is 21.9. The van der Waals surface area contributed by atoms with E-state index < -0.39 is 0 Å². The van der Waals surface area contributed by atoms with Crippen molar-refractivity contribution >= 4 is 11.0 Å². The van der Waals surface area contributed by atoms with Gasteiger partial charge in [-0.1, -0.05) is 12.1 Å². The van der Waals surface area contributed by atoms with Gasteiger partial charge in [-0.15, -0.1) is 0 Å². The average Bonchev–Trinajstić information content (AvgIpc) is 2.85. The van der Waals surface area contributed by atoms with E-state index in [1.807, 2.05) is 12.1 Å². The van der Waals surface area contributed by atoms with Crippen molar-refractivity contribution in [2.45, 2.75) is 32.4 Å². The Kier molecular flexibility index (Phi) is 2.40. The molecule has 1 aliphatic heterocycles. The van der Waals surface area contributed by atoms with Crippen LogP contribution in [0.25, 0.3) is 11.0 Å². The third-order valence-corrected chi connectivity index (χ3v) is 3.48. The van der Waals surface area contributed by atoms with Crippen molar-refractivity contribution < 1.29 is 0 Å². The van der Waals surface area contributed by atoms with Crippen molar-refractivity contribution in [3.63, 3.8) is 0 Å². The van der Waals surface area contributed by atoms with Crippen molar-refractivity contribution in [3.8, 4) is 0 Å². The first-order valence-electron chi connectivity index (χ1n) is 6.00. The zero-order valence-electron chi connectivity index (χ0n) is 9.61. The van der Waals surface area contributed by atoms with Gasteiger partial charge in [-0.05, 0) is 38.4 Å². The van der Waals surface area contributed by atoms with Gasteiger partial charge in [0.1, 0.15) is 5.82 Å². The SMILES string of the molecule is C[C@H]1CCCN1Cc1nc2ccccc2[nH]1. The monoisotopic (exact) mass is 215 g/mol. The summed E-state index contributed by atoms with van der Waals surface area (Å²) in [4.78, 5) is 10.5. The Bertz CT molecular complexity index is 456. The van der Waals surface area contributed by atoms with Gasteiger partial charge in [-0.2, -0.15) is 0 Å². The topological polar surface area (TPSA) is 31.9 Å². The molecule has 3 nitrogen and oxygen atoms in total. The Hall–Kier alpha value is -1.35. The van der Waals surface area contributed by atoms with Crippen LogP contribution in [-0.2, 0) is 6.54 Å². The van der Waals surface area contributed by atoms with Crippen LogP contribution in [0.5, 0.6) is 0 Å². The van der Waals surface area contributed by atoms with Gasteiger partial charge in [-0.25, -0.2) is 4.98 Å². The molecular formula is C13H17N3. The molecule has 2 heterocycles. The maximum absolute atomic E-state index is 4.61. The molecule has 0 unspecified atom stereocenters. The molecule has 3 rings (SSSR count). The van der Waals surface area contributed by atoms with E-state index in [0.717, 1.165) is 23.4 Å². The minimum atomic E-state index is 0.702. The first kappa shape index (κ1) is 9.85. The first-order valence-corrected chi connectivity index (χ1v) is 6.00. The van der Waals surface area contributed by atoms with E-state index in [4.69, 9.17) is 0 Å². The van der Waals surface area contributed by atoms with Crippen molar-refractivity contribution in [2.24, 2.45) is 0 Å². The molecule has 1 fully saturated rings. The number of rotatable bonds is 2. The third kappa shape index (κ3) is 1.71. The van der Waals surface area contributed by atoms with Gasteiger partial charge >= 0.3 is 0 Å². The number of aromatic amines is 1. The summed E-state index contributed by atoms with van der Waals surface area (Å²) < 4.78 is 0. The van der Waals surface area contributed by atoms with Crippen LogP contribution in [0.2, 0.25) is 0 Å². The molecule has 0 radical (unpaired) electrons. The number of H-pyrrole nitrogens is 1. The second kappa shape index (κ2) is 3.91. The molecule has 0 aliphatic carbocycles. The van der Waals surface area contributed by atoms with Gasteiger partial charge in [0.15, 0.2) is 0 Å². The summed E-state index contributed by atoms with van der Waals surface area (Å²) in [5.74, 6) is 1.09. The Morgan fingerprint density at radius 2 is 2.31 bits per heavy atom. The van der Waals surface area contributed by atoms with Gasteiger partial charge in [0.05, 0.1) is 17.6 Å². The molecule has 0 bridgehead atoms. The fourth-order valence-electron chi connectivity index (χ4n) is 2.50. The maximum Gasteiger partial charge on any atom is 0.121 e. The largest absolute Gasteiger partial charge is 0.341 e. The quantitative estimate of drug-likeness (QED) is 0.835. The number of hydrogen-bond acceptors (Lipinski definition) is 2. The Balaban J connectivity index is 1.83. The highest BCUT2D eigenvalue weighted by Crippen LogP contribution is 2.19. The molecule has 0 saturated carbocycles. The number of nitrogens with zero attached hydrogens (tertiary/aromatic N) is 2. The predicted octanol–water partition coefficient (Wildman–Crippen LogP) is 2.55. The number of likely N-dealkylation sites (tertiary alicyclic amines) is 1. The summed E-state index contributed by atoms with van der Waals surface area (Å²) >= 11 is 0. The summed E-state index contributed by atoms with van der Waals surface area (Å²) in [6.07, 6.45) is 2.64. The number of aromatic nitrogens is 2. The van der Waals surface area contributed by atoms with Crippen LogP contribution in [0.3, 0.4) is 0 Å². The molecule has 0 amide bonds. The number of nitrogens with one attached hydrogen (secondary N) is 1. The molecule has 84 valence electrons. The lowest BCUT2D eigenvalue weighted by atomic mass is 10.2. The first-order chi connectivity index (χ1) is 7.83. The van der Waals surface area contributed by atoms with E-state index >= 15 is 0 Å². The number of benzene rings is 1. The summed E-state index contributed by atoms with van der Waals surface area (Å²) in [7, 11) is 0. The second-order valence-electron chi connectivity index (χ2n) is 4.66. The highest BCUT2D eigenvalue weighted by atomic mass is 15.2. The number of hydrogen-bond donors (Lipinski definition) is 1. The lowest BCUT2D eigenvalue weighted by Gasteiger charge is -2.19. The molecule has 3 heteroatoms. The molecule has 1 saturated heterocycles. The van der Waals surface area contributed by atoms with E-state index in [1.165, 1.54) is 19.4 Å². The van der Waals surface area contributed by atoms with E-state index in [0.29, 0.717) is 6.04 Å². The van der Waals surface area contributed by atoms with Gasteiger partial charge in [-0.3, -0.25) is 4.90 Å². The van der Waals surface area contributed by atoms with Crippen LogP contribution in [-0.4, -0.2) is 27.5 Å². The Labute approximate surface area is 95.5 Å². The lowest BCUT2D eigenvalue weighted by Crippen LogP contribution is -2.26. The van der Waals surface area contributed by atoms with Gasteiger partial charge in [0.25, 0.3) is 0 Å². The highest BCUT2D eigenvalue weighted by Gasteiger charge is 2.20. The van der Waals surface area contributed by atoms with E-state index in [-0.39, 0.29) is 0 Å². The molecule has 1 N–H and O–H groups in total. The fourth-order valence-corrected chi connectivity index (χ4v) is 2.50. The Morgan fingerprint density at radius 1 is 1.44 bits per heavy atom. The maximum atomic E-state index is 4.61. The summed E-state index contributed by atoms with van der Waals surface area (Å²) in [6, 6.07) is 8.92. The standard InChI is InChI=1S/C13H17N3/c1-10-5-4-8-16(10)9-13-14-11-6-2-3-7-12(11)15-13/h2-3,6-7,10H,4-5,8-9H2,1H3,(H,14,15)/t10-/m0/s1. The van der Waals surface area contributed by atoms with Crippen molar-refractivity contribution in [1.29, 1.82) is 0 Å². The van der Waals surface area contributed by atoms with Crippen molar-refractivity contribution in [3.05, 3.63) is 30.1 Å². The molecule has 1 atom stereocenters. The minimum absolute atomic E-state index is 0.702. The molecule has 0 spiro atoms. The molecule has 1 aromatic carbocycles. The van der Waals surface area contributed by atoms with Crippen molar-refractivity contribution in [1.82, 2.24) is 14.9 Å². The molecule has 2 aromatic rings. The van der Waals surface area contributed by atoms with E-state index in [2.05, 4.69) is 33.9 Å². The minimum Gasteiger partial charge on any atom is -0.341 e. The summed E-state index contributed by atoms with van der Waals surface area (Å²) in [6.45, 7) is 4.46. The van der Waals surface area contributed by atoms with E-state index in [9.17, 15) is 0 Å². The second-order valence-corrected chi connectivity index (χ2v) is 4.66. The Morgan fingerprint density at radius 3 is 3.06 bits per heavy atom. The lowest BCUT2D eigenvalue weighted by molar-refractivity contribution is 0.255. The summed E-state index contributed by atoms with van der Waals surface area (Å²) in [5.41, 5.74) is 2.22. The molecule has 16 heavy (non-hydrogen) atoms. The van der Waals surface area contributed by atoms with Crippen molar-refractivity contribution in [2.75, 3.05) is 6.54 Å². The van der Waals surface area contributed by atoms with Gasteiger partial charge < -0.3 is 4.98 Å². The molecular weight excluding hydrogens is 198 g/mol. The number of para-hydroxylation sites is 2. The summed E-state index contributed by atoms with van der Waals surface area (Å²) in [5, 5.41) is 0.